The maximum Gasteiger partial charge on any atom is 0.175 e. The molecule has 0 saturated heterocycles. The lowest BCUT2D eigenvalue weighted by molar-refractivity contribution is -0.0729. The molecular formula is C16H22BrNO3. The summed E-state index contributed by atoms with van der Waals surface area (Å²) >= 11 is 3.56. The molecule has 0 radical (unpaired) electrons. The van der Waals surface area contributed by atoms with Crippen LogP contribution >= 0.6 is 15.9 Å². The van der Waals surface area contributed by atoms with Crippen LogP contribution in [0.4, 0.5) is 0 Å². The molecule has 1 aromatic rings. The Balaban J connectivity index is 1.69. The quantitative estimate of drug-likeness (QED) is 0.875. The van der Waals surface area contributed by atoms with Crippen LogP contribution in [0.15, 0.2) is 16.6 Å². The number of halogens is 1. The van der Waals surface area contributed by atoms with Gasteiger partial charge in [0.2, 0.25) is 0 Å². The monoisotopic (exact) mass is 355 g/mol. The van der Waals surface area contributed by atoms with Crippen molar-refractivity contribution in [1.29, 1.82) is 0 Å². The predicted octanol–water partition coefficient (Wildman–Crippen LogP) is 2.86. The first-order valence-electron chi connectivity index (χ1n) is 7.48. The van der Waals surface area contributed by atoms with Gasteiger partial charge >= 0.3 is 0 Å². The Hall–Kier alpha value is -0.780. The summed E-state index contributed by atoms with van der Waals surface area (Å²) < 4.78 is 12.4. The Morgan fingerprint density at radius 2 is 2.10 bits per heavy atom. The van der Waals surface area contributed by atoms with Crippen LogP contribution in [0.2, 0.25) is 0 Å². The Bertz CT molecular complexity index is 532. The topological polar surface area (TPSA) is 50.7 Å². The summed E-state index contributed by atoms with van der Waals surface area (Å²) in [4.78, 5) is 0. The van der Waals surface area contributed by atoms with Crippen molar-refractivity contribution in [3.63, 3.8) is 0 Å². The van der Waals surface area contributed by atoms with Crippen LogP contribution in [-0.4, -0.2) is 30.5 Å². The first-order chi connectivity index (χ1) is 9.98. The zero-order valence-electron chi connectivity index (χ0n) is 12.5. The lowest BCUT2D eigenvalue weighted by Gasteiger charge is -2.49. The van der Waals surface area contributed by atoms with Gasteiger partial charge in [-0.1, -0.05) is 13.8 Å². The first-order valence-corrected chi connectivity index (χ1v) is 8.27. The summed E-state index contributed by atoms with van der Waals surface area (Å²) in [5.41, 5.74) is 1.10. The average Bonchev–Trinajstić information content (AvgIpc) is 2.69. The Morgan fingerprint density at radius 3 is 2.81 bits per heavy atom. The van der Waals surface area contributed by atoms with Crippen molar-refractivity contribution in [2.45, 2.75) is 45.4 Å². The minimum absolute atomic E-state index is 0.0530. The van der Waals surface area contributed by atoms with Gasteiger partial charge in [-0.25, -0.2) is 0 Å². The van der Waals surface area contributed by atoms with E-state index < -0.39 is 0 Å². The van der Waals surface area contributed by atoms with Gasteiger partial charge < -0.3 is 19.9 Å². The zero-order chi connectivity index (χ0) is 15.0. The standard InChI is InChI=1S/C16H22BrNO3/c1-16(2)13(8-14(16)19)18-9-10-6-11(17)15-12(7-10)20-4-3-5-21-15/h6-7,13-14,18-19H,3-5,8-9H2,1-2H3. The molecule has 1 aromatic carbocycles. The summed E-state index contributed by atoms with van der Waals surface area (Å²) in [6.45, 7) is 6.34. The van der Waals surface area contributed by atoms with Crippen LogP contribution in [0.1, 0.15) is 32.3 Å². The highest BCUT2D eigenvalue weighted by Crippen LogP contribution is 2.41. The number of hydrogen-bond acceptors (Lipinski definition) is 4. The highest BCUT2D eigenvalue weighted by atomic mass is 79.9. The number of aliphatic hydroxyl groups is 1. The van der Waals surface area contributed by atoms with Crippen molar-refractivity contribution in [2.75, 3.05) is 13.2 Å². The van der Waals surface area contributed by atoms with Crippen LogP contribution in [0.5, 0.6) is 11.5 Å². The summed E-state index contributed by atoms with van der Waals surface area (Å²) in [6.07, 6.45) is 1.52. The van der Waals surface area contributed by atoms with E-state index in [4.69, 9.17) is 9.47 Å². The average molecular weight is 356 g/mol. The molecular weight excluding hydrogens is 334 g/mol. The van der Waals surface area contributed by atoms with Gasteiger partial charge in [0.15, 0.2) is 11.5 Å². The Labute approximate surface area is 134 Å². The summed E-state index contributed by atoms with van der Waals surface area (Å²) in [7, 11) is 0. The SMILES string of the molecule is CC1(C)C(O)CC1NCc1cc(Br)c2c(c1)OCCCO2. The summed E-state index contributed by atoms with van der Waals surface area (Å²) in [6, 6.07) is 4.46. The Kier molecular flexibility index (Phi) is 4.17. The third-order valence-electron chi connectivity index (χ3n) is 4.63. The molecule has 0 bridgehead atoms. The van der Waals surface area contributed by atoms with E-state index in [-0.39, 0.29) is 11.5 Å². The number of hydrogen-bond donors (Lipinski definition) is 2. The van der Waals surface area contributed by atoms with E-state index in [1.165, 1.54) is 0 Å². The number of benzene rings is 1. The van der Waals surface area contributed by atoms with E-state index in [2.05, 4.69) is 41.2 Å². The fraction of sp³-hybridized carbons (Fsp3) is 0.625. The van der Waals surface area contributed by atoms with Gasteiger partial charge in [-0.15, -0.1) is 0 Å². The molecule has 2 unspecified atom stereocenters. The van der Waals surface area contributed by atoms with Gasteiger partial charge in [0.1, 0.15) is 0 Å². The molecule has 1 fully saturated rings. The highest BCUT2D eigenvalue weighted by molar-refractivity contribution is 9.10. The maximum atomic E-state index is 9.79. The van der Waals surface area contributed by atoms with Gasteiger partial charge in [0.25, 0.3) is 0 Å². The Morgan fingerprint density at radius 1 is 1.33 bits per heavy atom. The molecule has 1 aliphatic heterocycles. The van der Waals surface area contributed by atoms with Crippen molar-refractivity contribution in [3.05, 3.63) is 22.2 Å². The van der Waals surface area contributed by atoms with Crippen molar-refractivity contribution in [3.8, 4) is 11.5 Å². The molecule has 2 N–H and O–H groups in total. The molecule has 5 heteroatoms. The number of fused-ring (bicyclic) bond motifs is 1. The van der Waals surface area contributed by atoms with E-state index in [0.717, 1.165) is 40.9 Å². The predicted molar refractivity (Wildman–Crippen MR) is 84.8 cm³/mol. The minimum atomic E-state index is -0.203. The molecule has 21 heavy (non-hydrogen) atoms. The fourth-order valence-corrected chi connectivity index (χ4v) is 3.48. The van der Waals surface area contributed by atoms with Gasteiger partial charge in [-0.2, -0.15) is 0 Å². The molecule has 0 aromatic heterocycles. The fourth-order valence-electron chi connectivity index (χ4n) is 2.88. The molecule has 0 amide bonds. The van der Waals surface area contributed by atoms with E-state index in [1.807, 2.05) is 6.07 Å². The molecule has 116 valence electrons. The van der Waals surface area contributed by atoms with E-state index in [1.54, 1.807) is 0 Å². The zero-order valence-corrected chi connectivity index (χ0v) is 14.1. The number of nitrogens with one attached hydrogen (secondary N) is 1. The second kappa shape index (κ2) is 5.78. The third kappa shape index (κ3) is 2.91. The number of aliphatic hydroxyl groups excluding tert-OH is 1. The van der Waals surface area contributed by atoms with Gasteiger partial charge in [0, 0.05) is 24.4 Å². The number of rotatable bonds is 3. The summed E-state index contributed by atoms with van der Waals surface area (Å²) in [5.74, 6) is 1.61. The van der Waals surface area contributed by atoms with Crippen LogP contribution in [0, 0.1) is 5.41 Å². The van der Waals surface area contributed by atoms with Gasteiger partial charge in [-0.05, 0) is 40.0 Å². The second-order valence-corrected chi connectivity index (χ2v) is 7.32. The van der Waals surface area contributed by atoms with E-state index in [9.17, 15) is 5.11 Å². The van der Waals surface area contributed by atoms with Crippen molar-refractivity contribution in [1.82, 2.24) is 5.32 Å². The second-order valence-electron chi connectivity index (χ2n) is 6.46. The van der Waals surface area contributed by atoms with Crippen molar-refractivity contribution >= 4 is 15.9 Å². The number of ether oxygens (including phenoxy) is 2. The minimum Gasteiger partial charge on any atom is -0.490 e. The third-order valence-corrected chi connectivity index (χ3v) is 5.22. The smallest absolute Gasteiger partial charge is 0.175 e. The first kappa shape index (κ1) is 15.1. The van der Waals surface area contributed by atoms with E-state index >= 15 is 0 Å². The van der Waals surface area contributed by atoms with Crippen molar-refractivity contribution in [2.24, 2.45) is 5.41 Å². The molecule has 4 nitrogen and oxygen atoms in total. The van der Waals surface area contributed by atoms with Gasteiger partial charge in [0.05, 0.1) is 23.8 Å². The molecule has 3 rings (SSSR count). The normalized spacial score (nSPS) is 26.9. The molecule has 0 spiro atoms. The highest BCUT2D eigenvalue weighted by Gasteiger charge is 2.46. The molecule has 2 aliphatic rings. The molecule has 1 aliphatic carbocycles. The lowest BCUT2D eigenvalue weighted by Crippen LogP contribution is -2.59. The van der Waals surface area contributed by atoms with Crippen LogP contribution < -0.4 is 14.8 Å². The summed E-state index contributed by atoms with van der Waals surface area (Å²) in [5, 5.41) is 13.3. The van der Waals surface area contributed by atoms with Crippen molar-refractivity contribution < 1.29 is 14.6 Å². The van der Waals surface area contributed by atoms with Gasteiger partial charge in [-0.3, -0.25) is 0 Å². The molecule has 2 atom stereocenters. The maximum absolute atomic E-state index is 9.79. The lowest BCUT2D eigenvalue weighted by atomic mass is 9.64. The molecule has 1 heterocycles. The molecule has 1 saturated carbocycles. The van der Waals surface area contributed by atoms with Crippen LogP contribution in [0.25, 0.3) is 0 Å². The van der Waals surface area contributed by atoms with Crippen LogP contribution in [0.3, 0.4) is 0 Å². The van der Waals surface area contributed by atoms with Crippen LogP contribution in [-0.2, 0) is 6.54 Å². The van der Waals surface area contributed by atoms with E-state index in [0.29, 0.717) is 19.3 Å². The largest absolute Gasteiger partial charge is 0.490 e.